The predicted octanol–water partition coefficient (Wildman–Crippen LogP) is 2.25. The van der Waals surface area contributed by atoms with Gasteiger partial charge in [-0.2, -0.15) is 11.8 Å². The first-order valence-corrected chi connectivity index (χ1v) is 5.96. The van der Waals surface area contributed by atoms with Gasteiger partial charge >= 0.3 is 0 Å². The topological polar surface area (TPSA) is 35.5 Å². The van der Waals surface area contributed by atoms with Crippen molar-refractivity contribution in [2.75, 3.05) is 25.7 Å². The van der Waals surface area contributed by atoms with Gasteiger partial charge < -0.3 is 9.47 Å². The van der Waals surface area contributed by atoms with Crippen molar-refractivity contribution in [1.29, 1.82) is 0 Å². The number of benzene rings is 1. The van der Waals surface area contributed by atoms with E-state index >= 15 is 0 Å². The van der Waals surface area contributed by atoms with Crippen LogP contribution in [-0.4, -0.2) is 32.0 Å². The SMILES string of the molecule is COc1ccc(C=O)cc1OCCSC. The van der Waals surface area contributed by atoms with E-state index in [0.29, 0.717) is 23.7 Å². The first-order valence-electron chi connectivity index (χ1n) is 4.56. The minimum absolute atomic E-state index is 0.593. The maximum atomic E-state index is 10.6. The number of hydrogen-bond donors (Lipinski definition) is 0. The second-order valence-corrected chi connectivity index (χ2v) is 3.86. The molecular weight excluding hydrogens is 212 g/mol. The van der Waals surface area contributed by atoms with Gasteiger partial charge in [0.15, 0.2) is 11.5 Å². The van der Waals surface area contributed by atoms with Gasteiger partial charge in [0, 0.05) is 11.3 Å². The molecule has 0 aromatic heterocycles. The van der Waals surface area contributed by atoms with Crippen LogP contribution in [0.1, 0.15) is 10.4 Å². The Kier molecular flexibility index (Phi) is 5.04. The second-order valence-electron chi connectivity index (χ2n) is 2.87. The lowest BCUT2D eigenvalue weighted by Gasteiger charge is -2.10. The van der Waals surface area contributed by atoms with Crippen LogP contribution < -0.4 is 9.47 Å². The third-order valence-corrected chi connectivity index (χ3v) is 2.44. The molecule has 0 saturated heterocycles. The molecule has 0 aliphatic heterocycles. The van der Waals surface area contributed by atoms with Crippen LogP contribution in [0.5, 0.6) is 11.5 Å². The van der Waals surface area contributed by atoms with E-state index in [1.165, 1.54) is 0 Å². The van der Waals surface area contributed by atoms with Crippen LogP contribution in [0.2, 0.25) is 0 Å². The van der Waals surface area contributed by atoms with Crippen molar-refractivity contribution in [2.45, 2.75) is 0 Å². The quantitative estimate of drug-likeness (QED) is 0.550. The molecule has 0 fully saturated rings. The van der Waals surface area contributed by atoms with E-state index < -0.39 is 0 Å². The number of carbonyl (C=O) groups excluding carboxylic acids is 1. The Bertz CT molecular complexity index is 326. The molecule has 0 radical (unpaired) electrons. The molecule has 0 N–H and O–H groups in total. The van der Waals surface area contributed by atoms with Crippen LogP contribution >= 0.6 is 11.8 Å². The molecular formula is C11H14O3S. The van der Waals surface area contributed by atoms with Crippen molar-refractivity contribution in [3.05, 3.63) is 23.8 Å². The molecule has 1 rings (SSSR count). The lowest BCUT2D eigenvalue weighted by Crippen LogP contribution is -2.01. The largest absolute Gasteiger partial charge is 0.493 e. The summed E-state index contributed by atoms with van der Waals surface area (Å²) in [5.74, 6) is 2.19. The molecule has 1 aromatic carbocycles. The minimum Gasteiger partial charge on any atom is -0.493 e. The van der Waals surface area contributed by atoms with E-state index in [1.807, 2.05) is 6.26 Å². The maximum absolute atomic E-state index is 10.6. The Hall–Kier alpha value is -1.16. The summed E-state index contributed by atoms with van der Waals surface area (Å²) >= 11 is 1.71. The van der Waals surface area contributed by atoms with Crippen LogP contribution in [0.4, 0.5) is 0 Å². The van der Waals surface area contributed by atoms with E-state index in [2.05, 4.69) is 0 Å². The summed E-state index contributed by atoms with van der Waals surface area (Å²) in [6.07, 6.45) is 2.81. The highest BCUT2D eigenvalue weighted by Gasteiger charge is 2.04. The van der Waals surface area contributed by atoms with Gasteiger partial charge in [0.2, 0.25) is 0 Å². The fraction of sp³-hybridized carbons (Fsp3) is 0.364. The van der Waals surface area contributed by atoms with Crippen molar-refractivity contribution >= 4 is 18.0 Å². The van der Waals surface area contributed by atoms with Crippen LogP contribution in [0.3, 0.4) is 0 Å². The van der Waals surface area contributed by atoms with Crippen molar-refractivity contribution in [3.63, 3.8) is 0 Å². The van der Waals surface area contributed by atoms with Gasteiger partial charge in [-0.3, -0.25) is 4.79 Å². The van der Waals surface area contributed by atoms with Gasteiger partial charge in [0.1, 0.15) is 6.29 Å². The molecule has 15 heavy (non-hydrogen) atoms. The van der Waals surface area contributed by atoms with Gasteiger partial charge in [-0.1, -0.05) is 0 Å². The molecule has 3 nitrogen and oxygen atoms in total. The number of hydrogen-bond acceptors (Lipinski definition) is 4. The number of aldehydes is 1. The molecule has 0 atom stereocenters. The number of rotatable bonds is 6. The fourth-order valence-corrected chi connectivity index (χ4v) is 1.36. The Morgan fingerprint density at radius 2 is 2.20 bits per heavy atom. The molecule has 0 bridgehead atoms. The molecule has 0 heterocycles. The zero-order chi connectivity index (χ0) is 11.1. The smallest absolute Gasteiger partial charge is 0.161 e. The number of methoxy groups -OCH3 is 1. The van der Waals surface area contributed by atoms with E-state index in [4.69, 9.17) is 9.47 Å². The Morgan fingerprint density at radius 3 is 2.80 bits per heavy atom. The zero-order valence-corrected chi connectivity index (χ0v) is 9.67. The van der Waals surface area contributed by atoms with Crippen molar-refractivity contribution in [1.82, 2.24) is 0 Å². The van der Waals surface area contributed by atoms with Crippen LogP contribution in [-0.2, 0) is 0 Å². The number of carbonyl (C=O) groups is 1. The first-order chi connectivity index (χ1) is 7.31. The molecule has 1 aromatic rings. The second kappa shape index (κ2) is 6.35. The standard InChI is InChI=1S/C11H14O3S/c1-13-10-4-3-9(8-12)7-11(10)14-5-6-15-2/h3-4,7-8H,5-6H2,1-2H3. The lowest BCUT2D eigenvalue weighted by atomic mass is 10.2. The minimum atomic E-state index is 0.593. The lowest BCUT2D eigenvalue weighted by molar-refractivity contribution is 0.112. The average Bonchev–Trinajstić information content (AvgIpc) is 2.29. The monoisotopic (exact) mass is 226 g/mol. The van der Waals surface area contributed by atoms with Gasteiger partial charge in [-0.05, 0) is 24.5 Å². The molecule has 0 aliphatic rings. The van der Waals surface area contributed by atoms with Gasteiger partial charge in [0.25, 0.3) is 0 Å². The molecule has 0 aliphatic carbocycles. The average molecular weight is 226 g/mol. The molecule has 0 spiro atoms. The third-order valence-electron chi connectivity index (χ3n) is 1.87. The number of thioether (sulfide) groups is 1. The summed E-state index contributed by atoms with van der Waals surface area (Å²) in [5, 5.41) is 0. The Labute approximate surface area is 93.8 Å². The maximum Gasteiger partial charge on any atom is 0.161 e. The first kappa shape index (κ1) is 11.9. The van der Waals surface area contributed by atoms with E-state index in [-0.39, 0.29) is 0 Å². The summed E-state index contributed by atoms with van der Waals surface area (Å²) in [6, 6.07) is 5.12. The molecule has 0 saturated carbocycles. The highest BCUT2D eigenvalue weighted by molar-refractivity contribution is 7.98. The summed E-state index contributed by atoms with van der Waals surface area (Å²) in [7, 11) is 1.58. The summed E-state index contributed by atoms with van der Waals surface area (Å²) in [4.78, 5) is 10.6. The Morgan fingerprint density at radius 1 is 1.40 bits per heavy atom. The van der Waals surface area contributed by atoms with Gasteiger partial charge in [0.05, 0.1) is 13.7 Å². The third kappa shape index (κ3) is 3.47. The van der Waals surface area contributed by atoms with Crippen molar-refractivity contribution in [3.8, 4) is 11.5 Å². The summed E-state index contributed by atoms with van der Waals surface area (Å²) in [6.45, 7) is 0.611. The van der Waals surface area contributed by atoms with Crippen molar-refractivity contribution in [2.24, 2.45) is 0 Å². The molecule has 0 amide bonds. The predicted molar refractivity (Wildman–Crippen MR) is 62.3 cm³/mol. The molecule has 4 heteroatoms. The zero-order valence-electron chi connectivity index (χ0n) is 8.86. The highest BCUT2D eigenvalue weighted by Crippen LogP contribution is 2.27. The normalized spacial score (nSPS) is 9.73. The van der Waals surface area contributed by atoms with Crippen LogP contribution in [0.25, 0.3) is 0 Å². The van der Waals surface area contributed by atoms with Crippen LogP contribution in [0, 0.1) is 0 Å². The van der Waals surface area contributed by atoms with Gasteiger partial charge in [-0.25, -0.2) is 0 Å². The van der Waals surface area contributed by atoms with Crippen LogP contribution in [0.15, 0.2) is 18.2 Å². The molecule has 0 unspecified atom stereocenters. The van der Waals surface area contributed by atoms with Gasteiger partial charge in [-0.15, -0.1) is 0 Å². The fourth-order valence-electron chi connectivity index (χ4n) is 1.11. The van der Waals surface area contributed by atoms with E-state index in [1.54, 1.807) is 37.1 Å². The van der Waals surface area contributed by atoms with E-state index in [0.717, 1.165) is 12.0 Å². The Balaban J connectivity index is 2.76. The summed E-state index contributed by atoms with van der Waals surface area (Å²) in [5.41, 5.74) is 0.593. The number of ether oxygens (including phenoxy) is 2. The summed E-state index contributed by atoms with van der Waals surface area (Å²) < 4.78 is 10.6. The van der Waals surface area contributed by atoms with Crippen molar-refractivity contribution < 1.29 is 14.3 Å². The van der Waals surface area contributed by atoms with E-state index in [9.17, 15) is 4.79 Å². The highest BCUT2D eigenvalue weighted by atomic mass is 32.2. The molecule has 82 valence electrons.